The summed E-state index contributed by atoms with van der Waals surface area (Å²) in [6, 6.07) is 13.5. The van der Waals surface area contributed by atoms with Gasteiger partial charge in [-0.25, -0.2) is 8.78 Å². The summed E-state index contributed by atoms with van der Waals surface area (Å²) in [7, 11) is 0. The minimum atomic E-state index is -0.435. The molecule has 0 unspecified atom stereocenters. The molecule has 1 amide bonds. The third-order valence-electron chi connectivity index (χ3n) is 4.07. The van der Waals surface area contributed by atoms with Crippen molar-refractivity contribution in [1.29, 1.82) is 0 Å². The molecule has 0 aliphatic rings. The van der Waals surface area contributed by atoms with Gasteiger partial charge in [-0.3, -0.25) is 4.79 Å². The maximum absolute atomic E-state index is 13.4. The SMILES string of the molecule is O=C(Cn1cccc1-c1nc(-c2ccc(F)c(Br)c2)no1)Nc1cccc(F)c1. The van der Waals surface area contributed by atoms with Crippen molar-refractivity contribution in [3.63, 3.8) is 0 Å². The van der Waals surface area contributed by atoms with Crippen LogP contribution >= 0.6 is 15.9 Å². The first kappa shape index (κ1) is 19.0. The predicted molar refractivity (Wildman–Crippen MR) is 106 cm³/mol. The predicted octanol–water partition coefficient (Wildman–Crippen LogP) is 4.88. The number of amides is 1. The van der Waals surface area contributed by atoms with Gasteiger partial charge in [0.25, 0.3) is 5.89 Å². The molecule has 0 atom stereocenters. The molecule has 0 fully saturated rings. The average molecular weight is 459 g/mol. The van der Waals surface area contributed by atoms with Crippen molar-refractivity contribution in [3.05, 3.63) is 76.9 Å². The molecule has 4 rings (SSSR count). The summed E-state index contributed by atoms with van der Waals surface area (Å²) in [5, 5.41) is 6.56. The molecule has 0 radical (unpaired) electrons. The number of hydrogen-bond donors (Lipinski definition) is 1. The molecule has 4 aromatic rings. The van der Waals surface area contributed by atoms with E-state index in [0.717, 1.165) is 0 Å². The summed E-state index contributed by atoms with van der Waals surface area (Å²) in [5.74, 6) is -0.664. The Bertz CT molecular complexity index is 1190. The molecule has 1 N–H and O–H groups in total. The average Bonchev–Trinajstić information content (AvgIpc) is 3.33. The first-order valence-electron chi connectivity index (χ1n) is 8.49. The lowest BCUT2D eigenvalue weighted by atomic mass is 10.2. The highest BCUT2D eigenvalue weighted by Crippen LogP contribution is 2.26. The Morgan fingerprint density at radius 3 is 2.79 bits per heavy atom. The van der Waals surface area contributed by atoms with Gasteiger partial charge in [0.15, 0.2) is 0 Å². The van der Waals surface area contributed by atoms with Crippen molar-refractivity contribution < 1.29 is 18.1 Å². The number of aromatic nitrogens is 3. The molecule has 146 valence electrons. The van der Waals surface area contributed by atoms with Gasteiger partial charge >= 0.3 is 0 Å². The summed E-state index contributed by atoms with van der Waals surface area (Å²) in [6.07, 6.45) is 1.69. The number of carbonyl (C=O) groups excluding carboxylic acids is 1. The second kappa shape index (κ2) is 7.96. The van der Waals surface area contributed by atoms with Crippen LogP contribution in [0, 0.1) is 11.6 Å². The Morgan fingerprint density at radius 2 is 2.00 bits per heavy atom. The second-order valence-corrected chi connectivity index (χ2v) is 6.99. The molecule has 0 saturated carbocycles. The zero-order valence-electron chi connectivity index (χ0n) is 14.8. The van der Waals surface area contributed by atoms with Crippen molar-refractivity contribution in [2.75, 3.05) is 5.32 Å². The van der Waals surface area contributed by atoms with Gasteiger partial charge in [-0.1, -0.05) is 11.2 Å². The van der Waals surface area contributed by atoms with Crippen LogP contribution in [0.3, 0.4) is 0 Å². The Labute approximate surface area is 172 Å². The summed E-state index contributed by atoms with van der Waals surface area (Å²) in [6.45, 7) is -0.0291. The van der Waals surface area contributed by atoms with E-state index in [1.165, 1.54) is 24.3 Å². The van der Waals surface area contributed by atoms with E-state index < -0.39 is 11.6 Å². The lowest BCUT2D eigenvalue weighted by Gasteiger charge is -2.08. The molecule has 0 aliphatic carbocycles. The van der Waals surface area contributed by atoms with Crippen LogP contribution in [0.1, 0.15) is 0 Å². The summed E-state index contributed by atoms with van der Waals surface area (Å²) in [4.78, 5) is 16.6. The van der Waals surface area contributed by atoms with Crippen molar-refractivity contribution >= 4 is 27.5 Å². The molecule has 0 aliphatic heterocycles. The second-order valence-electron chi connectivity index (χ2n) is 6.13. The third-order valence-corrected chi connectivity index (χ3v) is 4.68. The molecule has 0 bridgehead atoms. The fourth-order valence-corrected chi connectivity index (χ4v) is 3.13. The van der Waals surface area contributed by atoms with Crippen molar-refractivity contribution in [2.45, 2.75) is 6.54 Å². The van der Waals surface area contributed by atoms with E-state index >= 15 is 0 Å². The van der Waals surface area contributed by atoms with Crippen LogP contribution in [-0.4, -0.2) is 20.6 Å². The minimum absolute atomic E-state index is 0.0291. The largest absolute Gasteiger partial charge is 0.334 e. The maximum Gasteiger partial charge on any atom is 0.274 e. The highest BCUT2D eigenvalue weighted by atomic mass is 79.9. The Morgan fingerprint density at radius 1 is 1.14 bits per heavy atom. The van der Waals surface area contributed by atoms with Gasteiger partial charge < -0.3 is 14.4 Å². The molecule has 29 heavy (non-hydrogen) atoms. The van der Waals surface area contributed by atoms with Crippen LogP contribution in [0.4, 0.5) is 14.5 Å². The quantitative estimate of drug-likeness (QED) is 0.462. The standard InChI is InChI=1S/C20H13BrF2N4O2/c21-15-9-12(6-7-16(15)23)19-25-20(29-26-19)17-5-2-8-27(17)11-18(28)24-14-4-1-3-13(22)10-14/h1-10H,11H2,(H,24,28). The van der Waals surface area contributed by atoms with Gasteiger partial charge in [0.05, 0.1) is 4.47 Å². The Kier molecular flexibility index (Phi) is 5.22. The normalized spacial score (nSPS) is 10.9. The van der Waals surface area contributed by atoms with E-state index in [0.29, 0.717) is 21.4 Å². The molecular weight excluding hydrogens is 446 g/mol. The fourth-order valence-electron chi connectivity index (χ4n) is 2.75. The van der Waals surface area contributed by atoms with Crippen LogP contribution in [0.5, 0.6) is 0 Å². The minimum Gasteiger partial charge on any atom is -0.334 e. The van der Waals surface area contributed by atoms with Gasteiger partial charge in [0.2, 0.25) is 11.7 Å². The number of rotatable bonds is 5. The molecule has 2 heterocycles. The van der Waals surface area contributed by atoms with Gasteiger partial charge in [-0.05, 0) is 64.5 Å². The molecule has 9 heteroatoms. The van der Waals surface area contributed by atoms with Crippen LogP contribution in [-0.2, 0) is 11.3 Å². The van der Waals surface area contributed by atoms with Crippen molar-refractivity contribution in [3.8, 4) is 23.0 Å². The number of hydrogen-bond acceptors (Lipinski definition) is 4. The van der Waals surface area contributed by atoms with Crippen molar-refractivity contribution in [1.82, 2.24) is 14.7 Å². The maximum atomic E-state index is 13.4. The molecule has 0 spiro atoms. The molecule has 2 aromatic heterocycles. The number of carbonyl (C=O) groups is 1. The Hall–Kier alpha value is -3.33. The Balaban J connectivity index is 1.53. The van der Waals surface area contributed by atoms with Gasteiger partial charge in [-0.2, -0.15) is 4.98 Å². The van der Waals surface area contributed by atoms with E-state index in [1.807, 2.05) is 0 Å². The molecule has 6 nitrogen and oxygen atoms in total. The van der Waals surface area contributed by atoms with Gasteiger partial charge in [-0.15, -0.1) is 0 Å². The van der Waals surface area contributed by atoms with Crippen LogP contribution in [0.25, 0.3) is 23.0 Å². The van der Waals surface area contributed by atoms with Crippen LogP contribution < -0.4 is 5.32 Å². The summed E-state index contributed by atoms with van der Waals surface area (Å²) < 4.78 is 33.9. The summed E-state index contributed by atoms with van der Waals surface area (Å²) >= 11 is 3.13. The van der Waals surface area contributed by atoms with Crippen LogP contribution in [0.15, 0.2) is 69.8 Å². The highest BCUT2D eigenvalue weighted by Gasteiger charge is 2.16. The van der Waals surface area contributed by atoms with E-state index in [2.05, 4.69) is 31.4 Å². The van der Waals surface area contributed by atoms with E-state index in [9.17, 15) is 13.6 Å². The lowest BCUT2D eigenvalue weighted by molar-refractivity contribution is -0.116. The number of nitrogens with one attached hydrogen (secondary N) is 1. The fraction of sp³-hybridized carbons (Fsp3) is 0.0500. The van der Waals surface area contributed by atoms with E-state index in [-0.39, 0.29) is 24.2 Å². The number of halogens is 3. The number of nitrogens with zero attached hydrogens (tertiary/aromatic N) is 3. The zero-order valence-corrected chi connectivity index (χ0v) is 16.4. The number of anilines is 1. The molecule has 0 saturated heterocycles. The van der Waals surface area contributed by atoms with E-state index in [4.69, 9.17) is 4.52 Å². The zero-order chi connectivity index (χ0) is 20.4. The highest BCUT2D eigenvalue weighted by molar-refractivity contribution is 9.10. The lowest BCUT2D eigenvalue weighted by Crippen LogP contribution is -2.18. The van der Waals surface area contributed by atoms with Gasteiger partial charge in [0, 0.05) is 17.4 Å². The number of benzene rings is 2. The first-order valence-corrected chi connectivity index (χ1v) is 9.29. The van der Waals surface area contributed by atoms with E-state index in [1.54, 1.807) is 41.1 Å². The topological polar surface area (TPSA) is 73.0 Å². The molecule has 2 aromatic carbocycles. The summed E-state index contributed by atoms with van der Waals surface area (Å²) in [5.41, 5.74) is 1.49. The first-order chi connectivity index (χ1) is 14.0. The third kappa shape index (κ3) is 4.24. The van der Waals surface area contributed by atoms with Crippen molar-refractivity contribution in [2.24, 2.45) is 0 Å². The molecular formula is C20H13BrF2N4O2. The van der Waals surface area contributed by atoms with Crippen LogP contribution in [0.2, 0.25) is 0 Å². The van der Waals surface area contributed by atoms with Gasteiger partial charge in [0.1, 0.15) is 23.9 Å². The smallest absolute Gasteiger partial charge is 0.274 e. The monoisotopic (exact) mass is 458 g/mol.